The second-order valence-corrected chi connectivity index (χ2v) is 14.7. The summed E-state index contributed by atoms with van der Waals surface area (Å²) in [5.41, 5.74) is 14.3. The third kappa shape index (κ3) is 4.64. The second-order valence-electron chi connectivity index (χ2n) is 14.7. The van der Waals surface area contributed by atoms with Crippen LogP contribution in [0.15, 0.2) is 170 Å². The topological polar surface area (TPSA) is 24.0 Å². The van der Waals surface area contributed by atoms with Crippen molar-refractivity contribution in [3.05, 3.63) is 187 Å². The van der Waals surface area contributed by atoms with Crippen molar-refractivity contribution in [2.75, 3.05) is 0 Å². The minimum atomic E-state index is 0.833. The molecule has 8 aromatic carbocycles. The van der Waals surface area contributed by atoms with E-state index in [0.717, 1.165) is 66.5 Å². The molecule has 0 aliphatic rings. The Balaban J connectivity index is 1.12. The first-order valence-corrected chi connectivity index (χ1v) is 18.9. The monoisotopic (exact) mass is 707 g/mol. The summed E-state index contributed by atoms with van der Waals surface area (Å²) in [5.74, 6) is 1.67. The smallest absolute Gasteiger partial charge is 0.137 e. The van der Waals surface area contributed by atoms with Crippen LogP contribution in [0.3, 0.4) is 0 Å². The van der Waals surface area contributed by atoms with Gasteiger partial charge in [-0.15, -0.1) is 0 Å². The molecule has 0 radical (unpaired) electrons. The quantitative estimate of drug-likeness (QED) is 0.175. The van der Waals surface area contributed by atoms with Crippen LogP contribution in [0.25, 0.3) is 82.5 Å². The number of fused-ring (bicyclic) bond motifs is 9. The molecule has 0 fully saturated rings. The van der Waals surface area contributed by atoms with E-state index in [1.807, 2.05) is 0 Å². The molecule has 0 aliphatic heterocycles. The van der Waals surface area contributed by atoms with E-state index in [4.69, 9.17) is 4.74 Å². The zero-order chi connectivity index (χ0) is 36.8. The van der Waals surface area contributed by atoms with Crippen LogP contribution < -0.4 is 4.74 Å². The second kappa shape index (κ2) is 12.0. The van der Waals surface area contributed by atoms with Crippen LogP contribution in [-0.2, 0) is 0 Å². The highest BCUT2D eigenvalue weighted by Crippen LogP contribution is 2.44. The molecule has 4 nitrogen and oxygen atoms in total. The first-order valence-electron chi connectivity index (χ1n) is 18.9. The van der Waals surface area contributed by atoms with Crippen molar-refractivity contribution in [1.82, 2.24) is 13.7 Å². The molecule has 0 saturated carbocycles. The molecule has 0 N–H and O–H groups in total. The van der Waals surface area contributed by atoms with Crippen LogP contribution in [-0.4, -0.2) is 13.7 Å². The average Bonchev–Trinajstić information content (AvgIpc) is 3.84. The number of benzene rings is 8. The van der Waals surface area contributed by atoms with Crippen molar-refractivity contribution in [2.24, 2.45) is 0 Å². The lowest BCUT2D eigenvalue weighted by Crippen LogP contribution is -2.01. The van der Waals surface area contributed by atoms with Gasteiger partial charge < -0.3 is 18.4 Å². The molecule has 55 heavy (non-hydrogen) atoms. The Labute approximate surface area is 318 Å². The molecule has 11 rings (SSSR count). The first kappa shape index (κ1) is 31.5. The van der Waals surface area contributed by atoms with Gasteiger partial charge >= 0.3 is 0 Å². The molecule has 0 atom stereocenters. The van der Waals surface area contributed by atoms with Crippen molar-refractivity contribution in [2.45, 2.75) is 20.8 Å². The standard InChI is InChI=1S/C51H37N3O/c1-32-29-33(2)51(34(3)30-32)54-41-20-10-7-17-37(41)40-31-36(27-28-44(40)54)53-43-22-12-9-19-39(43)50-46(53)24-14-26-48(50)55-47-25-13-23-45-49(47)38-18-8-11-21-42(38)52(45)35-15-5-4-6-16-35/h4-31H,1-3H3. The maximum Gasteiger partial charge on any atom is 0.137 e. The Bertz CT molecular complexity index is 3300. The van der Waals surface area contributed by atoms with E-state index in [-0.39, 0.29) is 0 Å². The summed E-state index contributed by atoms with van der Waals surface area (Å²) in [6.07, 6.45) is 0. The lowest BCUT2D eigenvalue weighted by atomic mass is 10.0. The number of aryl methyl sites for hydroxylation is 3. The molecule has 0 aliphatic carbocycles. The average molecular weight is 708 g/mol. The molecule has 0 bridgehead atoms. The Kier molecular flexibility index (Phi) is 6.86. The minimum absolute atomic E-state index is 0.833. The van der Waals surface area contributed by atoms with E-state index in [0.29, 0.717) is 0 Å². The Hall–Kier alpha value is -7.04. The molecule has 3 heterocycles. The highest BCUT2D eigenvalue weighted by molar-refractivity contribution is 6.15. The zero-order valence-electron chi connectivity index (χ0n) is 30.9. The molecule has 0 spiro atoms. The number of hydrogen-bond acceptors (Lipinski definition) is 1. The van der Waals surface area contributed by atoms with Crippen molar-refractivity contribution in [3.8, 4) is 28.6 Å². The third-order valence-electron chi connectivity index (χ3n) is 11.3. The maximum atomic E-state index is 7.10. The summed E-state index contributed by atoms with van der Waals surface area (Å²) in [6, 6.07) is 61.0. The predicted molar refractivity (Wildman–Crippen MR) is 230 cm³/mol. The fourth-order valence-electron chi connectivity index (χ4n) is 9.26. The van der Waals surface area contributed by atoms with Gasteiger partial charge in [0.25, 0.3) is 0 Å². The van der Waals surface area contributed by atoms with Crippen LogP contribution in [0, 0.1) is 20.8 Å². The van der Waals surface area contributed by atoms with Gasteiger partial charge in [-0.1, -0.05) is 103 Å². The van der Waals surface area contributed by atoms with Gasteiger partial charge in [0, 0.05) is 32.9 Å². The number of hydrogen-bond donors (Lipinski definition) is 0. The first-order chi connectivity index (χ1) is 27.0. The molecular weight excluding hydrogens is 671 g/mol. The SMILES string of the molecule is Cc1cc(C)c(-n2c3ccccc3c3cc(-n4c5ccccc5c5c(Oc6cccc7c6c6ccccc6n7-c6ccccc6)cccc54)ccc32)c(C)c1. The fourth-order valence-corrected chi connectivity index (χ4v) is 9.26. The molecule has 11 aromatic rings. The molecule has 0 unspecified atom stereocenters. The summed E-state index contributed by atoms with van der Waals surface area (Å²) in [4.78, 5) is 0. The van der Waals surface area contributed by atoms with Crippen molar-refractivity contribution < 1.29 is 4.74 Å². The van der Waals surface area contributed by atoms with Crippen molar-refractivity contribution >= 4 is 65.4 Å². The zero-order valence-corrected chi connectivity index (χ0v) is 30.9. The fraction of sp³-hybridized carbons (Fsp3) is 0.0588. The number of nitrogens with zero attached hydrogens (tertiary/aromatic N) is 3. The normalized spacial score (nSPS) is 11.9. The lowest BCUT2D eigenvalue weighted by molar-refractivity contribution is 0.495. The van der Waals surface area contributed by atoms with Crippen molar-refractivity contribution in [1.29, 1.82) is 0 Å². The molecule has 4 heteroatoms. The van der Waals surface area contributed by atoms with Gasteiger partial charge in [-0.2, -0.15) is 0 Å². The summed E-state index contributed by atoms with van der Waals surface area (Å²) < 4.78 is 14.3. The van der Waals surface area contributed by atoms with E-state index in [1.54, 1.807) is 0 Å². The minimum Gasteiger partial charge on any atom is -0.456 e. The van der Waals surface area contributed by atoms with E-state index < -0.39 is 0 Å². The molecule has 3 aromatic heterocycles. The van der Waals surface area contributed by atoms with E-state index in [1.165, 1.54) is 44.2 Å². The highest BCUT2D eigenvalue weighted by atomic mass is 16.5. The van der Waals surface area contributed by atoms with Crippen LogP contribution in [0.2, 0.25) is 0 Å². The lowest BCUT2D eigenvalue weighted by Gasteiger charge is -2.16. The van der Waals surface area contributed by atoms with E-state index in [2.05, 4.69) is 204 Å². The van der Waals surface area contributed by atoms with Gasteiger partial charge in [-0.05, 0) is 105 Å². The van der Waals surface area contributed by atoms with Gasteiger partial charge in [-0.3, -0.25) is 0 Å². The highest BCUT2D eigenvalue weighted by Gasteiger charge is 2.21. The molecule has 0 amide bonds. The van der Waals surface area contributed by atoms with Gasteiger partial charge in [0.15, 0.2) is 0 Å². The Morgan fingerprint density at radius 2 is 0.818 bits per heavy atom. The Morgan fingerprint density at radius 1 is 0.345 bits per heavy atom. The molecular formula is C51H37N3O. The van der Waals surface area contributed by atoms with Gasteiger partial charge in [0.2, 0.25) is 0 Å². The van der Waals surface area contributed by atoms with Crippen LogP contribution in [0.4, 0.5) is 0 Å². The number of aromatic nitrogens is 3. The summed E-state index contributed by atoms with van der Waals surface area (Å²) in [7, 11) is 0. The number of rotatable bonds is 5. The summed E-state index contributed by atoms with van der Waals surface area (Å²) >= 11 is 0. The van der Waals surface area contributed by atoms with Gasteiger partial charge in [-0.25, -0.2) is 0 Å². The van der Waals surface area contributed by atoms with Crippen LogP contribution >= 0.6 is 0 Å². The van der Waals surface area contributed by atoms with Crippen LogP contribution in [0.1, 0.15) is 16.7 Å². The number of para-hydroxylation sites is 4. The molecule has 0 saturated heterocycles. The number of ether oxygens (including phenoxy) is 1. The Morgan fingerprint density at radius 3 is 1.42 bits per heavy atom. The van der Waals surface area contributed by atoms with Gasteiger partial charge in [0.05, 0.1) is 49.6 Å². The van der Waals surface area contributed by atoms with Crippen molar-refractivity contribution in [3.63, 3.8) is 0 Å². The maximum absolute atomic E-state index is 7.10. The predicted octanol–water partition coefficient (Wildman–Crippen LogP) is 13.7. The van der Waals surface area contributed by atoms with E-state index >= 15 is 0 Å². The molecule has 262 valence electrons. The summed E-state index contributed by atoms with van der Waals surface area (Å²) in [5, 5.41) is 6.98. The van der Waals surface area contributed by atoms with Gasteiger partial charge in [0.1, 0.15) is 11.5 Å². The van der Waals surface area contributed by atoms with Crippen LogP contribution in [0.5, 0.6) is 11.5 Å². The summed E-state index contributed by atoms with van der Waals surface area (Å²) in [6.45, 7) is 6.63. The third-order valence-corrected chi connectivity index (χ3v) is 11.3. The largest absolute Gasteiger partial charge is 0.456 e. The van der Waals surface area contributed by atoms with E-state index in [9.17, 15) is 0 Å².